The third kappa shape index (κ3) is 6.67. The molecule has 50 heavy (non-hydrogen) atoms. The summed E-state index contributed by atoms with van der Waals surface area (Å²) in [6.45, 7) is 23.3. The quantitative estimate of drug-likeness (QED) is 0.166. The first kappa shape index (κ1) is 41.0. The van der Waals surface area contributed by atoms with Crippen LogP contribution in [0.3, 0.4) is 0 Å². The fourth-order valence-electron chi connectivity index (χ4n) is 8.30. The zero-order valence-corrected chi connectivity index (χ0v) is 37.0. The van der Waals surface area contributed by atoms with E-state index < -0.39 is 18.3 Å². The Morgan fingerprint density at radius 2 is 1.22 bits per heavy atom. The predicted octanol–water partition coefficient (Wildman–Crippen LogP) is 12.3. The molecule has 0 amide bonds. The molecular formula is C45H54Cl4Zr. The maximum absolute atomic E-state index is 7.00. The summed E-state index contributed by atoms with van der Waals surface area (Å²) in [6.07, 6.45) is 6.99. The molecule has 0 fully saturated rings. The molecule has 0 saturated heterocycles. The van der Waals surface area contributed by atoms with E-state index in [9.17, 15) is 0 Å². The Bertz CT molecular complexity index is 2030. The Morgan fingerprint density at radius 3 is 1.70 bits per heavy atom. The standard InChI is InChI=1S/C21H25.C11H17.2C6H4Cl.CH2.2ClH.Zr/c1-20(2,3)16-9-7-14-11-15-8-10-17(21(4,5)6)13-19(15)18(14)12-16;1-5-9-6-7-10(8-9)11(2,3)4;2*7-6-4-2-1-3-5-6;;;;/h7,9-10,12-13H,11H2,1-6H3;7-9H,5H2,1-4H3;2*1-2,4-5H;1H2;2*1H;. The van der Waals surface area contributed by atoms with Gasteiger partial charge in [0.05, 0.1) is 0 Å². The summed E-state index contributed by atoms with van der Waals surface area (Å²) in [7, 11) is 0. The van der Waals surface area contributed by atoms with Crippen molar-refractivity contribution in [3.8, 4) is 11.1 Å². The molecule has 0 aromatic heterocycles. The summed E-state index contributed by atoms with van der Waals surface area (Å²) in [5.41, 5.74) is 9.62. The van der Waals surface area contributed by atoms with Gasteiger partial charge in [0.15, 0.2) is 0 Å². The number of rotatable bonds is 5. The average molecular weight is 828 g/mol. The molecule has 2 aliphatic rings. The molecule has 266 valence electrons. The minimum atomic E-state index is -5.19. The number of allylic oxidation sites excluding steroid dienone is 4. The monoisotopic (exact) mass is 824 g/mol. The first-order valence-corrected chi connectivity index (χ1v) is 25.0. The summed E-state index contributed by atoms with van der Waals surface area (Å²) in [5, 5.41) is 1.49. The summed E-state index contributed by atoms with van der Waals surface area (Å²) in [4.78, 5) is 0. The zero-order valence-electron chi connectivity index (χ0n) is 31.4. The van der Waals surface area contributed by atoms with Crippen LogP contribution >= 0.6 is 48.0 Å². The Labute approximate surface area is 325 Å². The van der Waals surface area contributed by atoms with E-state index >= 15 is 0 Å². The van der Waals surface area contributed by atoms with E-state index in [-0.39, 0.29) is 47.0 Å². The average Bonchev–Trinajstić information content (AvgIpc) is 3.62. The van der Waals surface area contributed by atoms with Gasteiger partial charge in [0.1, 0.15) is 0 Å². The number of hydrogen-bond donors (Lipinski definition) is 0. The summed E-state index contributed by atoms with van der Waals surface area (Å²) >= 11 is 8.81. The van der Waals surface area contributed by atoms with Gasteiger partial charge in [0.2, 0.25) is 0 Å². The third-order valence-corrected chi connectivity index (χ3v) is 28.0. The van der Waals surface area contributed by atoms with E-state index in [2.05, 4.69) is 148 Å². The second-order valence-electron chi connectivity index (χ2n) is 17.6. The van der Waals surface area contributed by atoms with E-state index in [0.29, 0.717) is 0 Å². The van der Waals surface area contributed by atoms with E-state index in [1.54, 1.807) is 0 Å². The van der Waals surface area contributed by atoms with Crippen molar-refractivity contribution in [2.24, 2.45) is 11.3 Å². The molecule has 5 heteroatoms. The molecule has 4 aromatic rings. The predicted molar refractivity (Wildman–Crippen MR) is 225 cm³/mol. The second kappa shape index (κ2) is 13.9. The van der Waals surface area contributed by atoms with Crippen LogP contribution in [0.2, 0.25) is 10.0 Å². The molecule has 0 radical (unpaired) electrons. The molecule has 0 aliphatic heterocycles. The molecule has 1 atom stereocenters. The van der Waals surface area contributed by atoms with Crippen molar-refractivity contribution in [1.82, 2.24) is 0 Å². The normalized spacial score (nSPS) is 16.1. The molecule has 0 spiro atoms. The topological polar surface area (TPSA) is 0 Å². The van der Waals surface area contributed by atoms with Gasteiger partial charge in [-0.1, -0.05) is 0 Å². The van der Waals surface area contributed by atoms with E-state index in [0.717, 1.165) is 22.9 Å². The van der Waals surface area contributed by atoms with Gasteiger partial charge in [0, 0.05) is 0 Å². The number of fused-ring (bicyclic) bond motifs is 3. The van der Waals surface area contributed by atoms with Crippen molar-refractivity contribution in [2.75, 3.05) is 0 Å². The molecule has 0 bridgehead atoms. The Hall–Kier alpha value is -1.73. The molecule has 0 nitrogen and oxygen atoms in total. The molecule has 1 unspecified atom stereocenters. The van der Waals surface area contributed by atoms with E-state index in [1.165, 1.54) is 52.0 Å². The number of benzene rings is 4. The van der Waals surface area contributed by atoms with Gasteiger partial charge in [-0.25, -0.2) is 0 Å². The van der Waals surface area contributed by atoms with Crippen molar-refractivity contribution in [3.63, 3.8) is 0 Å². The summed E-state index contributed by atoms with van der Waals surface area (Å²) in [6, 6.07) is 29.6. The van der Waals surface area contributed by atoms with Crippen LogP contribution in [0.15, 0.2) is 99.9 Å². The van der Waals surface area contributed by atoms with Crippen LogP contribution in [0.25, 0.3) is 11.1 Å². The fraction of sp³-hybridized carbons (Fsp3) is 0.356. The van der Waals surface area contributed by atoms with Gasteiger partial charge in [-0.3, -0.25) is 0 Å². The first-order chi connectivity index (χ1) is 22.3. The zero-order chi connectivity index (χ0) is 35.1. The van der Waals surface area contributed by atoms with Gasteiger partial charge in [-0.15, -0.1) is 24.8 Å². The van der Waals surface area contributed by atoms with Gasteiger partial charge in [-0.05, 0) is 0 Å². The van der Waals surface area contributed by atoms with Crippen molar-refractivity contribution >= 4 is 62.0 Å². The molecule has 0 N–H and O–H groups in total. The van der Waals surface area contributed by atoms with Crippen LogP contribution in [-0.4, -0.2) is 4.21 Å². The van der Waals surface area contributed by atoms with Crippen LogP contribution in [0.4, 0.5) is 0 Å². The van der Waals surface area contributed by atoms with Crippen LogP contribution in [0, 0.1) is 11.3 Å². The summed E-state index contributed by atoms with van der Waals surface area (Å²) < 4.78 is 11.2. The first-order valence-electron chi connectivity index (χ1n) is 17.6. The maximum atomic E-state index is 7.00. The van der Waals surface area contributed by atoms with Gasteiger partial charge in [0.25, 0.3) is 0 Å². The Balaban J connectivity index is 0.00000281. The molecule has 4 aromatic carbocycles. The molecular weight excluding hydrogens is 774 g/mol. The van der Waals surface area contributed by atoms with Gasteiger partial charge in [-0.2, -0.15) is 0 Å². The van der Waals surface area contributed by atoms with E-state index in [4.69, 9.17) is 27.4 Å². The Morgan fingerprint density at radius 1 is 0.680 bits per heavy atom. The van der Waals surface area contributed by atoms with Crippen LogP contribution in [0.5, 0.6) is 0 Å². The SMILES string of the molecule is Cl.Cl.[CH2]=[Zr]([C]1=CC(C(C)(C)C)=CC1CC)([c]1cccc(Cl)c1)([c]1cccc(Cl)c1)[c]1cc(C(C)(C)C)cc2c1Cc1ccc(C(C)(C)C)cc1-2. The number of halogens is 4. The fourth-order valence-corrected chi connectivity index (χ4v) is 25.7. The van der Waals surface area contributed by atoms with Gasteiger partial charge >= 0.3 is 303 Å². The Kier molecular flexibility index (Phi) is 11.4. The number of hydrogen-bond acceptors (Lipinski definition) is 0. The van der Waals surface area contributed by atoms with Crippen LogP contribution in [-0.2, 0) is 35.5 Å². The van der Waals surface area contributed by atoms with Crippen molar-refractivity contribution in [3.05, 3.63) is 132 Å². The molecule has 2 aliphatic carbocycles. The van der Waals surface area contributed by atoms with Crippen molar-refractivity contribution in [2.45, 2.75) is 92.9 Å². The van der Waals surface area contributed by atoms with Crippen molar-refractivity contribution in [1.29, 1.82) is 0 Å². The molecule has 0 saturated carbocycles. The van der Waals surface area contributed by atoms with E-state index in [1.807, 2.05) is 12.1 Å². The molecule has 0 heterocycles. The van der Waals surface area contributed by atoms with Gasteiger partial charge < -0.3 is 0 Å². The molecule has 6 rings (SSSR count). The van der Waals surface area contributed by atoms with Crippen LogP contribution < -0.4 is 9.81 Å². The minimum absolute atomic E-state index is 0. The van der Waals surface area contributed by atoms with Crippen LogP contribution in [0.1, 0.15) is 97.9 Å². The van der Waals surface area contributed by atoms with Crippen molar-refractivity contribution < 1.29 is 18.3 Å². The third-order valence-electron chi connectivity index (χ3n) is 11.3. The summed E-state index contributed by atoms with van der Waals surface area (Å²) in [5.74, 6) is 0.255. The second-order valence-corrected chi connectivity index (χ2v) is 31.2.